The lowest BCUT2D eigenvalue weighted by atomic mass is 10.1. The summed E-state index contributed by atoms with van der Waals surface area (Å²) in [5.41, 5.74) is 1.23. The fourth-order valence-electron chi connectivity index (χ4n) is 1.23. The number of carbonyl (C=O) groups excluding carboxylic acids is 1. The van der Waals surface area contributed by atoms with Crippen LogP contribution in [0.25, 0.3) is 0 Å². The van der Waals surface area contributed by atoms with Gasteiger partial charge in [-0.25, -0.2) is 4.72 Å². The van der Waals surface area contributed by atoms with E-state index in [-0.39, 0.29) is 6.04 Å². The molecule has 0 saturated carbocycles. The average molecular weight is 178 g/mol. The minimum Gasteiger partial charge on any atom is -0.289 e. The Labute approximate surface area is 75.5 Å². The van der Waals surface area contributed by atoms with E-state index in [2.05, 4.69) is 4.72 Å². The van der Waals surface area contributed by atoms with Crippen molar-refractivity contribution in [2.24, 2.45) is 0 Å². The molecule has 0 bridgehead atoms. The van der Waals surface area contributed by atoms with Crippen LogP contribution in [0.4, 0.5) is 0 Å². The highest BCUT2D eigenvalue weighted by Gasteiger charge is 2.17. The Balaban J connectivity index is 2.28. The molecular weight excluding hydrogens is 170 g/mol. The van der Waals surface area contributed by atoms with Crippen molar-refractivity contribution in [1.82, 2.24) is 4.72 Å². The third-order valence-electron chi connectivity index (χ3n) is 1.85. The second-order valence-corrected chi connectivity index (χ2v) is 3.58. The Bertz CT molecular complexity index is 300. The molecule has 2 rings (SSSR count). The lowest BCUT2D eigenvalue weighted by molar-refractivity contribution is 0.534. The lowest BCUT2D eigenvalue weighted by Gasteiger charge is -2.19. The van der Waals surface area contributed by atoms with Gasteiger partial charge in [0.1, 0.15) is 0 Å². The molecule has 1 N–H and O–H groups in total. The number of rotatable bonds is 1. The molecule has 0 amide bonds. The molecule has 1 heterocycles. The van der Waals surface area contributed by atoms with Gasteiger partial charge in [0.25, 0.3) is 0 Å². The Hall–Kier alpha value is -0.800. The zero-order valence-electron chi connectivity index (χ0n) is 6.41. The molecule has 2 nitrogen and oxygen atoms in total. The van der Waals surface area contributed by atoms with Gasteiger partial charge in [0.15, 0.2) is 0 Å². The molecule has 1 unspecified atom stereocenters. The van der Waals surface area contributed by atoms with Gasteiger partial charge in [0, 0.05) is 4.90 Å². The average Bonchev–Trinajstić information content (AvgIpc) is 2.17. The van der Waals surface area contributed by atoms with Crippen molar-refractivity contribution in [2.45, 2.75) is 17.4 Å². The first-order chi connectivity index (χ1) is 5.90. The third kappa shape index (κ3) is 1.38. The van der Waals surface area contributed by atoms with E-state index >= 15 is 0 Å². The van der Waals surface area contributed by atoms with Crippen molar-refractivity contribution in [3.8, 4) is 0 Å². The van der Waals surface area contributed by atoms with Gasteiger partial charge in [0.2, 0.25) is 6.29 Å². The summed E-state index contributed by atoms with van der Waals surface area (Å²) in [6.07, 6.45) is 2.72. The van der Waals surface area contributed by atoms with Crippen LogP contribution in [0.3, 0.4) is 0 Å². The van der Waals surface area contributed by atoms with Gasteiger partial charge in [-0.3, -0.25) is 4.79 Å². The predicted octanol–water partition coefficient (Wildman–Crippen LogP) is 1.32. The number of hydrogen-bond donors (Lipinski definition) is 1. The molecule has 1 atom stereocenters. The van der Waals surface area contributed by atoms with Gasteiger partial charge >= 0.3 is 0 Å². The van der Waals surface area contributed by atoms with Crippen molar-refractivity contribution >= 4 is 18.2 Å². The van der Waals surface area contributed by atoms with Crippen molar-refractivity contribution in [3.63, 3.8) is 0 Å². The fourth-order valence-corrected chi connectivity index (χ4v) is 2.06. The van der Waals surface area contributed by atoms with E-state index < -0.39 is 0 Å². The smallest absolute Gasteiger partial charge is 0.218 e. The molecule has 1 radical (unpaired) electrons. The number of benzene rings is 1. The molecule has 0 aromatic heterocycles. The van der Waals surface area contributed by atoms with Crippen LogP contribution in [0.2, 0.25) is 0 Å². The summed E-state index contributed by atoms with van der Waals surface area (Å²) in [6.45, 7) is 0. The molecule has 0 spiro atoms. The maximum absolute atomic E-state index is 10.4. The van der Waals surface area contributed by atoms with Crippen molar-refractivity contribution in [3.05, 3.63) is 29.8 Å². The molecule has 0 saturated heterocycles. The Morgan fingerprint density at radius 1 is 1.50 bits per heavy atom. The standard InChI is InChI=1S/C9H8NOS/c11-6-8-5-7-3-1-2-4-9(7)12-10-8/h1-4,8,10H,5H2. The minimum absolute atomic E-state index is 0.148. The van der Waals surface area contributed by atoms with Crippen LogP contribution in [0, 0.1) is 0 Å². The molecule has 12 heavy (non-hydrogen) atoms. The van der Waals surface area contributed by atoms with E-state index in [1.165, 1.54) is 22.4 Å². The highest BCUT2D eigenvalue weighted by atomic mass is 32.2. The van der Waals surface area contributed by atoms with Crippen molar-refractivity contribution < 1.29 is 4.79 Å². The van der Waals surface area contributed by atoms with E-state index in [1.54, 1.807) is 0 Å². The summed E-state index contributed by atoms with van der Waals surface area (Å²) < 4.78 is 3.02. The van der Waals surface area contributed by atoms with Gasteiger partial charge in [0.05, 0.1) is 6.04 Å². The van der Waals surface area contributed by atoms with Gasteiger partial charge in [-0.05, 0) is 30.0 Å². The summed E-state index contributed by atoms with van der Waals surface area (Å²) in [4.78, 5) is 11.6. The van der Waals surface area contributed by atoms with E-state index in [1.807, 2.05) is 30.6 Å². The molecule has 3 heteroatoms. The monoisotopic (exact) mass is 178 g/mol. The largest absolute Gasteiger partial charge is 0.289 e. The molecule has 1 aliphatic heterocycles. The van der Waals surface area contributed by atoms with E-state index in [0.717, 1.165) is 6.42 Å². The topological polar surface area (TPSA) is 29.1 Å². The quantitative estimate of drug-likeness (QED) is 0.657. The molecule has 1 aromatic rings. The highest BCUT2D eigenvalue weighted by Crippen LogP contribution is 2.25. The molecule has 0 aliphatic carbocycles. The van der Waals surface area contributed by atoms with E-state index in [4.69, 9.17) is 0 Å². The van der Waals surface area contributed by atoms with Crippen LogP contribution >= 0.6 is 11.9 Å². The predicted molar refractivity (Wildman–Crippen MR) is 48.6 cm³/mol. The molecule has 0 fully saturated rings. The molecule has 1 aliphatic rings. The normalized spacial score (nSPS) is 21.5. The maximum atomic E-state index is 10.4. The van der Waals surface area contributed by atoms with Crippen molar-refractivity contribution in [2.75, 3.05) is 0 Å². The molecule has 1 aromatic carbocycles. The Morgan fingerprint density at radius 3 is 3.17 bits per heavy atom. The summed E-state index contributed by atoms with van der Waals surface area (Å²) in [7, 11) is 0. The first kappa shape index (κ1) is 7.83. The summed E-state index contributed by atoms with van der Waals surface area (Å²) in [5.74, 6) is 0. The molecular formula is C9H8NOS. The van der Waals surface area contributed by atoms with Gasteiger partial charge < -0.3 is 0 Å². The van der Waals surface area contributed by atoms with Gasteiger partial charge in [-0.15, -0.1) is 0 Å². The van der Waals surface area contributed by atoms with Crippen LogP contribution in [-0.2, 0) is 11.2 Å². The zero-order chi connectivity index (χ0) is 8.39. The SMILES string of the molecule is O=[C]C1Cc2ccccc2SN1. The second kappa shape index (κ2) is 3.29. The molecule has 61 valence electrons. The number of nitrogens with one attached hydrogen (secondary N) is 1. The third-order valence-corrected chi connectivity index (χ3v) is 2.87. The van der Waals surface area contributed by atoms with E-state index in [9.17, 15) is 4.79 Å². The number of hydrogen-bond acceptors (Lipinski definition) is 3. The van der Waals surface area contributed by atoms with Crippen molar-refractivity contribution in [1.29, 1.82) is 0 Å². The highest BCUT2D eigenvalue weighted by molar-refractivity contribution is 7.97. The van der Waals surface area contributed by atoms with E-state index in [0.29, 0.717) is 0 Å². The number of fused-ring (bicyclic) bond motifs is 1. The van der Waals surface area contributed by atoms with Crippen LogP contribution in [0.5, 0.6) is 0 Å². The van der Waals surface area contributed by atoms with Crippen LogP contribution in [0.15, 0.2) is 29.2 Å². The first-order valence-corrected chi connectivity index (χ1v) is 4.60. The fraction of sp³-hybridized carbons (Fsp3) is 0.222. The lowest BCUT2D eigenvalue weighted by Crippen LogP contribution is -2.30. The van der Waals surface area contributed by atoms with Gasteiger partial charge in [-0.1, -0.05) is 18.2 Å². The minimum atomic E-state index is -0.148. The summed E-state index contributed by atoms with van der Waals surface area (Å²) in [5, 5.41) is 0. The Kier molecular flexibility index (Phi) is 2.15. The summed E-state index contributed by atoms with van der Waals surface area (Å²) >= 11 is 1.51. The first-order valence-electron chi connectivity index (χ1n) is 3.78. The van der Waals surface area contributed by atoms with Crippen LogP contribution < -0.4 is 4.72 Å². The Morgan fingerprint density at radius 2 is 2.33 bits per heavy atom. The summed E-state index contributed by atoms with van der Waals surface area (Å²) in [6, 6.07) is 7.94. The maximum Gasteiger partial charge on any atom is 0.218 e. The van der Waals surface area contributed by atoms with Crippen LogP contribution in [0.1, 0.15) is 5.56 Å². The van der Waals surface area contributed by atoms with Crippen LogP contribution in [-0.4, -0.2) is 12.3 Å². The van der Waals surface area contributed by atoms with Gasteiger partial charge in [-0.2, -0.15) is 0 Å². The zero-order valence-corrected chi connectivity index (χ0v) is 7.23. The second-order valence-electron chi connectivity index (χ2n) is 2.70.